The van der Waals surface area contributed by atoms with Crippen molar-refractivity contribution in [2.75, 3.05) is 0 Å². The smallest absolute Gasteiger partial charge is 0.143 e. The van der Waals surface area contributed by atoms with Crippen LogP contribution in [0.25, 0.3) is 77.2 Å². The first-order valence-corrected chi connectivity index (χ1v) is 17.8. The molecular formula is C49H40O. The molecule has 8 rings (SSSR count). The van der Waals surface area contributed by atoms with Crippen LogP contribution in [0.3, 0.4) is 0 Å². The zero-order valence-corrected chi connectivity index (χ0v) is 28.7. The monoisotopic (exact) mass is 644 g/mol. The molecule has 1 heteroatoms. The van der Waals surface area contributed by atoms with E-state index in [9.17, 15) is 0 Å². The summed E-state index contributed by atoms with van der Waals surface area (Å²) in [5.74, 6) is 0. The lowest BCUT2D eigenvalue weighted by Gasteiger charge is -2.12. The fraction of sp³-hybridized carbons (Fsp3) is 0.102. The number of para-hydroxylation sites is 2. The first-order chi connectivity index (χ1) is 24.7. The number of benzene rings is 7. The molecule has 0 aliphatic carbocycles. The molecule has 0 aliphatic rings. The van der Waals surface area contributed by atoms with Gasteiger partial charge in [0, 0.05) is 16.3 Å². The molecule has 7 aromatic carbocycles. The van der Waals surface area contributed by atoms with Crippen LogP contribution in [0.4, 0.5) is 0 Å². The lowest BCUT2D eigenvalue weighted by atomic mass is 9.93. The lowest BCUT2D eigenvalue weighted by molar-refractivity contribution is 0.670. The molecule has 1 nitrogen and oxygen atoms in total. The number of furan rings is 1. The highest BCUT2D eigenvalue weighted by atomic mass is 16.3. The highest BCUT2D eigenvalue weighted by Crippen LogP contribution is 2.37. The molecule has 0 fully saturated rings. The van der Waals surface area contributed by atoms with Gasteiger partial charge < -0.3 is 4.42 Å². The minimum atomic E-state index is 0.926. The summed E-state index contributed by atoms with van der Waals surface area (Å²) in [6.45, 7) is 4.48. The SMILES string of the molecule is CC/C=C(/C=C(\CCC)c1ccc(-c2ccc(-c3cccc4c3oc3ccccc34)cc2)cc1)c1ccc(-c2ccc3ccccc3c2)cc1. The van der Waals surface area contributed by atoms with E-state index in [4.69, 9.17) is 4.42 Å². The molecule has 0 spiro atoms. The van der Waals surface area contributed by atoms with Crippen LogP contribution in [0.5, 0.6) is 0 Å². The molecule has 0 unspecified atom stereocenters. The Hall–Kier alpha value is -5.92. The third-order valence-corrected chi connectivity index (χ3v) is 9.76. The fourth-order valence-corrected chi connectivity index (χ4v) is 7.15. The Morgan fingerprint density at radius 2 is 1.12 bits per heavy atom. The molecule has 0 saturated heterocycles. The number of hydrogen-bond donors (Lipinski definition) is 0. The Morgan fingerprint density at radius 1 is 0.520 bits per heavy atom. The van der Waals surface area contributed by atoms with Crippen LogP contribution in [0.15, 0.2) is 174 Å². The molecule has 8 aromatic rings. The molecule has 0 radical (unpaired) electrons. The molecule has 1 aromatic heterocycles. The van der Waals surface area contributed by atoms with Crippen LogP contribution in [-0.2, 0) is 0 Å². The first-order valence-electron chi connectivity index (χ1n) is 17.8. The van der Waals surface area contributed by atoms with Crippen LogP contribution >= 0.6 is 0 Å². The highest BCUT2D eigenvalue weighted by molar-refractivity contribution is 6.09. The summed E-state index contributed by atoms with van der Waals surface area (Å²) in [6, 6.07) is 57.0. The summed E-state index contributed by atoms with van der Waals surface area (Å²) < 4.78 is 6.31. The highest BCUT2D eigenvalue weighted by Gasteiger charge is 2.12. The third kappa shape index (κ3) is 6.19. The second-order valence-electron chi connectivity index (χ2n) is 13.1. The van der Waals surface area contributed by atoms with Crippen molar-refractivity contribution in [3.63, 3.8) is 0 Å². The van der Waals surface area contributed by atoms with E-state index in [-0.39, 0.29) is 0 Å². The zero-order valence-electron chi connectivity index (χ0n) is 28.7. The van der Waals surface area contributed by atoms with Crippen molar-refractivity contribution in [1.82, 2.24) is 0 Å². The van der Waals surface area contributed by atoms with E-state index in [1.807, 2.05) is 12.1 Å². The summed E-state index contributed by atoms with van der Waals surface area (Å²) in [7, 11) is 0. The predicted molar refractivity (Wildman–Crippen MR) is 215 cm³/mol. The Kier molecular flexibility index (Phi) is 8.72. The van der Waals surface area contributed by atoms with Crippen molar-refractivity contribution in [1.29, 1.82) is 0 Å². The number of fused-ring (bicyclic) bond motifs is 4. The number of hydrogen-bond acceptors (Lipinski definition) is 1. The fourth-order valence-electron chi connectivity index (χ4n) is 7.15. The van der Waals surface area contributed by atoms with Crippen molar-refractivity contribution in [3.05, 3.63) is 181 Å². The molecule has 50 heavy (non-hydrogen) atoms. The second kappa shape index (κ2) is 13.9. The van der Waals surface area contributed by atoms with Crippen LogP contribution in [-0.4, -0.2) is 0 Å². The van der Waals surface area contributed by atoms with E-state index in [0.717, 1.165) is 52.3 Å². The topological polar surface area (TPSA) is 13.1 Å². The van der Waals surface area contributed by atoms with Crippen molar-refractivity contribution in [2.45, 2.75) is 33.1 Å². The molecule has 0 N–H and O–H groups in total. The summed E-state index contributed by atoms with van der Waals surface area (Å²) in [5, 5.41) is 4.86. The van der Waals surface area contributed by atoms with E-state index >= 15 is 0 Å². The van der Waals surface area contributed by atoms with Gasteiger partial charge in [-0.1, -0.05) is 178 Å². The molecule has 0 bridgehead atoms. The third-order valence-electron chi connectivity index (χ3n) is 9.76. The minimum Gasteiger partial charge on any atom is -0.455 e. The normalized spacial score (nSPS) is 12.3. The van der Waals surface area contributed by atoms with Gasteiger partial charge in [-0.2, -0.15) is 0 Å². The largest absolute Gasteiger partial charge is 0.455 e. The van der Waals surface area contributed by atoms with Gasteiger partial charge >= 0.3 is 0 Å². The molecule has 1 heterocycles. The minimum absolute atomic E-state index is 0.926. The average Bonchev–Trinajstić information content (AvgIpc) is 3.57. The lowest BCUT2D eigenvalue weighted by Crippen LogP contribution is -1.89. The van der Waals surface area contributed by atoms with E-state index in [0.29, 0.717) is 0 Å². The molecule has 0 saturated carbocycles. The van der Waals surface area contributed by atoms with Crippen molar-refractivity contribution in [2.24, 2.45) is 0 Å². The molecule has 0 amide bonds. The van der Waals surface area contributed by atoms with Gasteiger partial charge in [-0.3, -0.25) is 0 Å². The van der Waals surface area contributed by atoms with Crippen molar-refractivity contribution < 1.29 is 4.42 Å². The Labute approximate surface area is 294 Å². The van der Waals surface area contributed by atoms with Crippen LogP contribution < -0.4 is 0 Å². The van der Waals surface area contributed by atoms with Crippen LogP contribution in [0.2, 0.25) is 0 Å². The number of allylic oxidation sites excluding steroid dienone is 4. The summed E-state index contributed by atoms with van der Waals surface area (Å²) in [4.78, 5) is 0. The molecule has 0 atom stereocenters. The Bertz CT molecular complexity index is 2490. The standard InChI is InChI=1S/C49H40O/c1-3-10-41(32-42(11-4-2)38-22-24-39(25-23-38)44-31-28-34-12-5-6-13-43(34)33-44)37-20-18-35(19-21-37)36-26-29-40(30-27-36)45-15-9-16-47-46-14-7-8-17-48(46)50-49(45)47/h5-9,11-33H,3-4,10H2,1-2H3/b41-32+,42-11-. The van der Waals surface area contributed by atoms with Gasteiger partial charge in [-0.15, -0.1) is 0 Å². The summed E-state index contributed by atoms with van der Waals surface area (Å²) in [6.07, 6.45) is 7.85. The molecule has 0 aliphatic heterocycles. The van der Waals surface area contributed by atoms with Crippen LogP contribution in [0.1, 0.15) is 44.2 Å². The maximum Gasteiger partial charge on any atom is 0.143 e. The van der Waals surface area contributed by atoms with Gasteiger partial charge in [-0.05, 0) is 85.8 Å². The Balaban J connectivity index is 1.04. The van der Waals surface area contributed by atoms with Gasteiger partial charge in [0.05, 0.1) is 0 Å². The zero-order chi connectivity index (χ0) is 33.9. The van der Waals surface area contributed by atoms with E-state index in [1.165, 1.54) is 55.3 Å². The van der Waals surface area contributed by atoms with Gasteiger partial charge in [0.15, 0.2) is 0 Å². The van der Waals surface area contributed by atoms with E-state index < -0.39 is 0 Å². The van der Waals surface area contributed by atoms with Gasteiger partial charge in [0.2, 0.25) is 0 Å². The number of rotatable bonds is 9. The van der Waals surface area contributed by atoms with Gasteiger partial charge in [0.1, 0.15) is 11.2 Å². The predicted octanol–water partition coefficient (Wildman–Crippen LogP) is 14.4. The van der Waals surface area contributed by atoms with Crippen molar-refractivity contribution in [3.8, 4) is 33.4 Å². The van der Waals surface area contributed by atoms with Crippen molar-refractivity contribution >= 4 is 43.9 Å². The molecular weight excluding hydrogens is 605 g/mol. The maximum atomic E-state index is 6.31. The first kappa shape index (κ1) is 31.4. The maximum absolute atomic E-state index is 6.31. The quantitative estimate of drug-likeness (QED) is 0.143. The molecule has 242 valence electrons. The average molecular weight is 645 g/mol. The second-order valence-corrected chi connectivity index (χ2v) is 13.1. The van der Waals surface area contributed by atoms with Crippen LogP contribution in [0, 0.1) is 0 Å². The van der Waals surface area contributed by atoms with Gasteiger partial charge in [0.25, 0.3) is 0 Å². The summed E-state index contributed by atoms with van der Waals surface area (Å²) in [5.41, 5.74) is 14.2. The van der Waals surface area contributed by atoms with E-state index in [1.54, 1.807) is 0 Å². The Morgan fingerprint density at radius 3 is 1.86 bits per heavy atom. The van der Waals surface area contributed by atoms with Gasteiger partial charge in [-0.25, -0.2) is 0 Å². The summed E-state index contributed by atoms with van der Waals surface area (Å²) >= 11 is 0. The van der Waals surface area contributed by atoms with E-state index in [2.05, 4.69) is 172 Å².